The van der Waals surface area contributed by atoms with Gasteiger partial charge in [-0.15, -0.1) is 0 Å². The summed E-state index contributed by atoms with van der Waals surface area (Å²) in [6.07, 6.45) is 17.8. The first kappa shape index (κ1) is 23.0. The van der Waals surface area contributed by atoms with E-state index in [4.69, 9.17) is 0 Å². The molecule has 0 aromatic heterocycles. The van der Waals surface area contributed by atoms with E-state index in [9.17, 15) is 8.42 Å². The van der Waals surface area contributed by atoms with E-state index >= 15 is 0 Å². The maximum atomic E-state index is 12.0. The summed E-state index contributed by atoms with van der Waals surface area (Å²) in [4.78, 5) is 0. The summed E-state index contributed by atoms with van der Waals surface area (Å²) in [5.74, 6) is 0.212. The van der Waals surface area contributed by atoms with Crippen molar-refractivity contribution >= 4 is 15.7 Å². The number of sulfonamides is 1. The lowest BCUT2D eigenvalue weighted by Crippen LogP contribution is -2.16. The second-order valence-electron chi connectivity index (χ2n) is 7.31. The molecule has 0 amide bonds. The fourth-order valence-electron chi connectivity index (χ4n) is 3.17. The summed E-state index contributed by atoms with van der Waals surface area (Å²) in [5, 5.41) is 0. The molecule has 1 radical (unpaired) electrons. The lowest BCUT2D eigenvalue weighted by Gasteiger charge is -2.07. The van der Waals surface area contributed by atoms with Crippen LogP contribution in [-0.2, 0) is 10.0 Å². The SMILES string of the molecule is CCCCCCCCCCCCCCCCS(=O)(=O)Nc1cc[c]cc1. The van der Waals surface area contributed by atoms with E-state index in [0.717, 1.165) is 19.3 Å². The number of hydrogen-bond donors (Lipinski definition) is 1. The van der Waals surface area contributed by atoms with Gasteiger partial charge >= 0.3 is 0 Å². The molecule has 0 aliphatic rings. The minimum absolute atomic E-state index is 0.212. The van der Waals surface area contributed by atoms with Crippen LogP contribution in [0.4, 0.5) is 5.69 Å². The van der Waals surface area contributed by atoms with Crippen molar-refractivity contribution in [1.82, 2.24) is 0 Å². The Labute approximate surface area is 162 Å². The maximum Gasteiger partial charge on any atom is 0.232 e. The number of rotatable bonds is 17. The zero-order chi connectivity index (χ0) is 18.9. The largest absolute Gasteiger partial charge is 0.284 e. The lowest BCUT2D eigenvalue weighted by atomic mass is 10.0. The van der Waals surface area contributed by atoms with Crippen LogP contribution in [-0.4, -0.2) is 14.2 Å². The van der Waals surface area contributed by atoms with Gasteiger partial charge in [-0.3, -0.25) is 4.72 Å². The average Bonchev–Trinajstić information content (AvgIpc) is 2.62. The highest BCUT2D eigenvalue weighted by Gasteiger charge is 2.09. The van der Waals surface area contributed by atoms with Crippen LogP contribution in [0.3, 0.4) is 0 Å². The number of anilines is 1. The first-order valence-corrected chi connectivity index (χ1v) is 12.3. The third-order valence-corrected chi connectivity index (χ3v) is 6.13. The van der Waals surface area contributed by atoms with Gasteiger partial charge in [-0.05, 0) is 24.6 Å². The molecule has 4 heteroatoms. The molecule has 0 unspecified atom stereocenters. The second-order valence-corrected chi connectivity index (χ2v) is 9.15. The van der Waals surface area contributed by atoms with Crippen molar-refractivity contribution in [3.8, 4) is 0 Å². The number of unbranched alkanes of at least 4 members (excludes halogenated alkanes) is 13. The van der Waals surface area contributed by atoms with Crippen LogP contribution in [0.5, 0.6) is 0 Å². The minimum atomic E-state index is -3.21. The molecule has 3 nitrogen and oxygen atoms in total. The summed E-state index contributed by atoms with van der Waals surface area (Å²) < 4.78 is 26.6. The van der Waals surface area contributed by atoms with E-state index in [-0.39, 0.29) is 5.75 Å². The Morgan fingerprint density at radius 2 is 1.15 bits per heavy atom. The van der Waals surface area contributed by atoms with E-state index in [1.807, 2.05) is 0 Å². The summed E-state index contributed by atoms with van der Waals surface area (Å²) in [6.45, 7) is 2.26. The maximum absolute atomic E-state index is 12.0. The van der Waals surface area contributed by atoms with Crippen LogP contribution in [0.1, 0.15) is 96.8 Å². The highest BCUT2D eigenvalue weighted by atomic mass is 32.2. The van der Waals surface area contributed by atoms with Crippen molar-refractivity contribution in [2.75, 3.05) is 10.5 Å². The average molecular weight is 381 g/mol. The summed E-state index contributed by atoms with van der Waals surface area (Å²) in [6, 6.07) is 9.76. The molecule has 1 aromatic rings. The van der Waals surface area contributed by atoms with E-state index < -0.39 is 10.0 Å². The smallest absolute Gasteiger partial charge is 0.232 e. The summed E-state index contributed by atoms with van der Waals surface area (Å²) in [7, 11) is -3.21. The van der Waals surface area contributed by atoms with Gasteiger partial charge in [0.25, 0.3) is 0 Å². The van der Waals surface area contributed by atoms with Gasteiger partial charge in [0.05, 0.1) is 5.75 Å². The Bertz CT molecular complexity index is 528. The van der Waals surface area contributed by atoms with Crippen molar-refractivity contribution in [3.05, 3.63) is 30.3 Å². The van der Waals surface area contributed by atoms with Crippen LogP contribution < -0.4 is 4.72 Å². The molecule has 0 saturated heterocycles. The number of benzene rings is 1. The standard InChI is InChI=1S/C22H38NO2S/c1-2-3-4-5-6-7-8-9-10-11-12-13-14-18-21-26(24,25)23-22-19-16-15-17-20-22/h16-17,19-20,23H,2-14,18,21H2,1H3. The van der Waals surface area contributed by atoms with Gasteiger partial charge in [0.15, 0.2) is 0 Å². The van der Waals surface area contributed by atoms with Crippen molar-refractivity contribution in [2.45, 2.75) is 96.8 Å². The van der Waals surface area contributed by atoms with Crippen molar-refractivity contribution in [2.24, 2.45) is 0 Å². The van der Waals surface area contributed by atoms with Gasteiger partial charge in [0, 0.05) is 5.69 Å². The summed E-state index contributed by atoms with van der Waals surface area (Å²) in [5.41, 5.74) is 0.620. The highest BCUT2D eigenvalue weighted by molar-refractivity contribution is 7.92. The molecule has 0 aliphatic carbocycles. The lowest BCUT2D eigenvalue weighted by molar-refractivity contribution is 0.537. The first-order chi connectivity index (χ1) is 12.6. The fourth-order valence-corrected chi connectivity index (χ4v) is 4.35. The van der Waals surface area contributed by atoms with E-state index in [1.54, 1.807) is 24.3 Å². The molecule has 1 rings (SSSR count). The molecule has 0 heterocycles. The predicted octanol–water partition coefficient (Wildman–Crippen LogP) is 6.71. The molecular weight excluding hydrogens is 342 g/mol. The molecule has 0 bridgehead atoms. The van der Waals surface area contributed by atoms with Gasteiger partial charge in [0.2, 0.25) is 10.0 Å². The molecule has 0 atom stereocenters. The molecule has 0 saturated carbocycles. The first-order valence-electron chi connectivity index (χ1n) is 10.6. The van der Waals surface area contributed by atoms with Crippen LogP contribution in [0.2, 0.25) is 0 Å². The minimum Gasteiger partial charge on any atom is -0.284 e. The van der Waals surface area contributed by atoms with Crippen LogP contribution in [0.25, 0.3) is 0 Å². The van der Waals surface area contributed by atoms with Crippen LogP contribution in [0.15, 0.2) is 24.3 Å². The van der Waals surface area contributed by atoms with Crippen molar-refractivity contribution in [3.63, 3.8) is 0 Å². The quantitative estimate of drug-likeness (QED) is 0.305. The molecule has 149 valence electrons. The Morgan fingerprint density at radius 1 is 0.731 bits per heavy atom. The normalized spacial score (nSPS) is 11.6. The van der Waals surface area contributed by atoms with E-state index in [1.165, 1.54) is 70.6 Å². The van der Waals surface area contributed by atoms with Crippen molar-refractivity contribution < 1.29 is 8.42 Å². The van der Waals surface area contributed by atoms with Gasteiger partial charge in [-0.25, -0.2) is 8.42 Å². The number of nitrogens with one attached hydrogen (secondary N) is 1. The topological polar surface area (TPSA) is 46.2 Å². The van der Waals surface area contributed by atoms with Crippen molar-refractivity contribution in [1.29, 1.82) is 0 Å². The zero-order valence-electron chi connectivity index (χ0n) is 16.6. The third kappa shape index (κ3) is 13.2. The molecule has 0 aliphatic heterocycles. The van der Waals surface area contributed by atoms with E-state index in [2.05, 4.69) is 17.7 Å². The van der Waals surface area contributed by atoms with E-state index in [0.29, 0.717) is 5.69 Å². The van der Waals surface area contributed by atoms with Gasteiger partial charge in [-0.1, -0.05) is 103 Å². The zero-order valence-corrected chi connectivity index (χ0v) is 17.5. The molecule has 1 aromatic carbocycles. The molecule has 1 N–H and O–H groups in total. The fraction of sp³-hybridized carbons (Fsp3) is 0.727. The highest BCUT2D eigenvalue weighted by Crippen LogP contribution is 2.14. The molecule has 26 heavy (non-hydrogen) atoms. The second kappa shape index (κ2) is 15.1. The predicted molar refractivity (Wildman–Crippen MR) is 113 cm³/mol. The summed E-state index contributed by atoms with van der Waals surface area (Å²) >= 11 is 0. The van der Waals surface area contributed by atoms with Gasteiger partial charge < -0.3 is 0 Å². The number of hydrogen-bond acceptors (Lipinski definition) is 2. The van der Waals surface area contributed by atoms with Crippen LogP contribution >= 0.6 is 0 Å². The van der Waals surface area contributed by atoms with Gasteiger partial charge in [0.1, 0.15) is 0 Å². The molecular formula is C22H38NO2S. The third-order valence-electron chi connectivity index (χ3n) is 4.76. The Balaban J connectivity index is 1.88. The molecule has 0 spiro atoms. The van der Waals surface area contributed by atoms with Gasteiger partial charge in [-0.2, -0.15) is 0 Å². The monoisotopic (exact) mass is 380 g/mol. The molecule has 0 fully saturated rings. The Morgan fingerprint density at radius 3 is 1.62 bits per heavy atom. The Hall–Kier alpha value is -1.03. The van der Waals surface area contributed by atoms with Crippen LogP contribution in [0, 0.1) is 6.07 Å². The Kier molecular flexibility index (Phi) is 13.3.